The predicted octanol–water partition coefficient (Wildman–Crippen LogP) is 16.6. The van der Waals surface area contributed by atoms with Crippen molar-refractivity contribution >= 4 is 15.8 Å². The standard InChI is InChI=1S/C45H85N.C6H5NO5S/c1-5-7-9-11-13-15-17-19-21-23-25-27-29-31-34-38-43(3)46(42-45-40-36-33-37-41-45)44(4)39-35-32-30-28-26-24-22-20-18-16-14-12-10-8-6-2;8-7(9)5-2-1-3-6(4-5)13(10,11)12/h33,36-37,40-41,43-44H,5-32,34-35,38-39,42H2,1-4H3;1-4H,(H,10,11,12). The van der Waals surface area contributed by atoms with Crippen LogP contribution in [0.4, 0.5) is 5.69 Å². The molecule has 0 aromatic heterocycles. The molecule has 2 rings (SSSR count). The minimum atomic E-state index is -4.36. The quantitative estimate of drug-likeness (QED) is 0.0313. The molecule has 2 atom stereocenters. The largest absolute Gasteiger partial charge is 0.294 e. The molecule has 0 radical (unpaired) electrons. The normalized spacial score (nSPS) is 12.6. The molecule has 2 unspecified atom stereocenters. The summed E-state index contributed by atoms with van der Waals surface area (Å²) in [6, 6.07) is 16.8. The molecule has 2 aromatic rings. The van der Waals surface area contributed by atoms with Gasteiger partial charge in [-0.1, -0.05) is 243 Å². The van der Waals surface area contributed by atoms with Crippen molar-refractivity contribution in [2.45, 2.75) is 257 Å². The molecule has 0 spiro atoms. The Hall–Kier alpha value is -2.29. The molecule has 0 saturated carbocycles. The Morgan fingerprint density at radius 3 is 1.19 bits per heavy atom. The smallest absolute Gasteiger partial charge is 0.294 e. The van der Waals surface area contributed by atoms with E-state index in [1.165, 1.54) is 217 Å². The summed E-state index contributed by atoms with van der Waals surface area (Å²) in [6.45, 7) is 10.8. The molecule has 1 N–H and O–H groups in total. The number of benzene rings is 2. The predicted molar refractivity (Wildman–Crippen MR) is 253 cm³/mol. The van der Waals surface area contributed by atoms with Crippen LogP contribution in [0.2, 0.25) is 0 Å². The SMILES string of the molecule is CCCCCCCCCCCCCCCCCC(C)N(Cc1ccccc1)C(C)CCCCCCCCCCCCCCCCC.O=[N+]([O-])c1cccc(S(=O)(=O)O)c1. The first-order valence-electron chi connectivity index (χ1n) is 24.6. The van der Waals surface area contributed by atoms with Gasteiger partial charge in [-0.05, 0) is 38.3 Å². The van der Waals surface area contributed by atoms with Gasteiger partial charge in [-0.15, -0.1) is 0 Å². The fourth-order valence-corrected chi connectivity index (χ4v) is 8.77. The highest BCUT2D eigenvalue weighted by Gasteiger charge is 2.20. The van der Waals surface area contributed by atoms with Gasteiger partial charge in [0, 0.05) is 30.8 Å². The van der Waals surface area contributed by atoms with Crippen molar-refractivity contribution in [3.8, 4) is 0 Å². The average Bonchev–Trinajstić information content (AvgIpc) is 3.23. The maximum absolute atomic E-state index is 10.5. The lowest BCUT2D eigenvalue weighted by molar-refractivity contribution is -0.385. The van der Waals surface area contributed by atoms with Crippen LogP contribution in [-0.2, 0) is 16.7 Å². The number of hydrogen-bond acceptors (Lipinski definition) is 5. The Balaban J connectivity index is 0.00000113. The summed E-state index contributed by atoms with van der Waals surface area (Å²) in [5.74, 6) is 0. The lowest BCUT2D eigenvalue weighted by Crippen LogP contribution is -2.39. The molecule has 340 valence electrons. The molecule has 0 aliphatic carbocycles. The summed E-state index contributed by atoms with van der Waals surface area (Å²) < 4.78 is 29.6. The van der Waals surface area contributed by atoms with Crippen LogP contribution in [0.25, 0.3) is 0 Å². The van der Waals surface area contributed by atoms with Crippen LogP contribution in [0.5, 0.6) is 0 Å². The van der Waals surface area contributed by atoms with Crippen LogP contribution in [0.3, 0.4) is 0 Å². The van der Waals surface area contributed by atoms with Gasteiger partial charge >= 0.3 is 0 Å². The Bertz CT molecular complexity index is 1310. The van der Waals surface area contributed by atoms with Crippen LogP contribution >= 0.6 is 0 Å². The Kier molecular flexibility index (Phi) is 34.8. The second-order valence-corrected chi connectivity index (χ2v) is 19.0. The minimum absolute atomic E-state index is 0.380. The zero-order valence-electron chi connectivity index (χ0n) is 38.6. The molecule has 8 heteroatoms. The molecule has 0 aliphatic heterocycles. The van der Waals surface area contributed by atoms with E-state index in [0.29, 0.717) is 12.1 Å². The maximum Gasteiger partial charge on any atom is 0.294 e. The first-order valence-corrected chi connectivity index (χ1v) is 26.1. The zero-order valence-corrected chi connectivity index (χ0v) is 39.4. The van der Waals surface area contributed by atoms with Gasteiger partial charge in [0.05, 0.1) is 4.92 Å². The van der Waals surface area contributed by atoms with Crippen molar-refractivity contribution in [1.29, 1.82) is 0 Å². The topological polar surface area (TPSA) is 101 Å². The molecule has 0 bridgehead atoms. The number of non-ortho nitro benzene ring substituents is 1. The van der Waals surface area contributed by atoms with E-state index in [1.54, 1.807) is 0 Å². The lowest BCUT2D eigenvalue weighted by atomic mass is 10.00. The highest BCUT2D eigenvalue weighted by molar-refractivity contribution is 7.85. The van der Waals surface area contributed by atoms with E-state index in [2.05, 4.69) is 62.9 Å². The molecular weight excluding hydrogens is 753 g/mol. The third-order valence-corrected chi connectivity index (χ3v) is 13.0. The number of unbranched alkanes of at least 4 members (excludes halogenated alkanes) is 28. The first kappa shape index (κ1) is 54.7. The van der Waals surface area contributed by atoms with Crippen LogP contribution in [0, 0.1) is 10.1 Å². The lowest BCUT2D eigenvalue weighted by Gasteiger charge is -2.35. The van der Waals surface area contributed by atoms with E-state index in [-0.39, 0.29) is 5.69 Å². The fraction of sp³-hybridized carbons (Fsp3) is 0.765. The van der Waals surface area contributed by atoms with Gasteiger partial charge in [0.25, 0.3) is 15.8 Å². The second kappa shape index (κ2) is 37.5. The van der Waals surface area contributed by atoms with Crippen molar-refractivity contribution in [1.82, 2.24) is 4.90 Å². The van der Waals surface area contributed by atoms with E-state index in [0.717, 1.165) is 24.7 Å². The van der Waals surface area contributed by atoms with Crippen molar-refractivity contribution in [3.63, 3.8) is 0 Å². The van der Waals surface area contributed by atoms with E-state index in [4.69, 9.17) is 4.55 Å². The van der Waals surface area contributed by atoms with Gasteiger partial charge in [0.2, 0.25) is 0 Å². The fourth-order valence-electron chi connectivity index (χ4n) is 8.25. The number of hydrogen-bond donors (Lipinski definition) is 1. The first-order chi connectivity index (χ1) is 28.6. The van der Waals surface area contributed by atoms with Crippen LogP contribution < -0.4 is 0 Å². The van der Waals surface area contributed by atoms with Crippen LogP contribution in [0.15, 0.2) is 59.5 Å². The number of nitro benzene ring substituents is 1. The van der Waals surface area contributed by atoms with Gasteiger partial charge < -0.3 is 0 Å². The molecule has 0 heterocycles. The van der Waals surface area contributed by atoms with E-state index in [9.17, 15) is 18.5 Å². The van der Waals surface area contributed by atoms with E-state index in [1.807, 2.05) is 0 Å². The number of rotatable bonds is 38. The summed E-state index contributed by atoms with van der Waals surface area (Å²) in [5.41, 5.74) is 1.10. The Morgan fingerprint density at radius 1 is 0.525 bits per heavy atom. The average molecular weight is 843 g/mol. The van der Waals surface area contributed by atoms with E-state index < -0.39 is 19.9 Å². The summed E-state index contributed by atoms with van der Waals surface area (Å²) in [5, 5.41) is 10.2. The van der Waals surface area contributed by atoms with Crippen molar-refractivity contribution in [3.05, 3.63) is 70.3 Å². The van der Waals surface area contributed by atoms with Crippen LogP contribution in [0.1, 0.15) is 239 Å². The number of nitrogens with zero attached hydrogens (tertiary/aromatic N) is 2. The highest BCUT2D eigenvalue weighted by Crippen LogP contribution is 2.22. The molecular formula is C51H90N2O5S. The van der Waals surface area contributed by atoms with Gasteiger partial charge in [-0.3, -0.25) is 19.6 Å². The molecule has 0 amide bonds. The third kappa shape index (κ3) is 31.3. The van der Waals surface area contributed by atoms with Crippen molar-refractivity contribution in [2.24, 2.45) is 0 Å². The number of nitro groups is 1. The summed E-state index contributed by atoms with van der Waals surface area (Å²) in [6.07, 6.45) is 46.2. The Morgan fingerprint density at radius 2 is 0.864 bits per heavy atom. The molecule has 0 saturated heterocycles. The maximum atomic E-state index is 10.5. The van der Waals surface area contributed by atoms with Gasteiger partial charge in [-0.2, -0.15) is 8.42 Å². The molecule has 7 nitrogen and oxygen atoms in total. The monoisotopic (exact) mass is 843 g/mol. The minimum Gasteiger partial charge on any atom is -0.294 e. The van der Waals surface area contributed by atoms with Crippen LogP contribution in [-0.4, -0.2) is 34.9 Å². The molecule has 0 fully saturated rings. The second-order valence-electron chi connectivity index (χ2n) is 17.6. The van der Waals surface area contributed by atoms with Crippen molar-refractivity contribution < 1.29 is 17.9 Å². The van der Waals surface area contributed by atoms with Crippen molar-refractivity contribution in [2.75, 3.05) is 0 Å². The highest BCUT2D eigenvalue weighted by atomic mass is 32.2. The van der Waals surface area contributed by atoms with E-state index >= 15 is 0 Å². The molecule has 2 aromatic carbocycles. The molecule has 59 heavy (non-hydrogen) atoms. The molecule has 0 aliphatic rings. The van der Waals surface area contributed by atoms with Gasteiger partial charge in [-0.25, -0.2) is 0 Å². The van der Waals surface area contributed by atoms with Gasteiger partial charge in [0.15, 0.2) is 0 Å². The van der Waals surface area contributed by atoms with Gasteiger partial charge in [0.1, 0.15) is 4.90 Å². The zero-order chi connectivity index (χ0) is 43.2. The third-order valence-electron chi connectivity index (χ3n) is 12.1. The Labute approximate surface area is 364 Å². The summed E-state index contributed by atoms with van der Waals surface area (Å²) in [7, 11) is -4.36. The summed E-state index contributed by atoms with van der Waals surface area (Å²) >= 11 is 0. The summed E-state index contributed by atoms with van der Waals surface area (Å²) in [4.78, 5) is 11.8.